The Morgan fingerprint density at radius 1 is 1.23 bits per heavy atom. The molecule has 1 unspecified atom stereocenters. The zero-order valence-corrected chi connectivity index (χ0v) is 17.7. The van der Waals surface area contributed by atoms with Crippen molar-refractivity contribution in [3.8, 4) is 22.9 Å². The number of carbonyl (C=O) groups excluding carboxylic acids is 1. The van der Waals surface area contributed by atoms with Crippen molar-refractivity contribution >= 4 is 11.6 Å². The van der Waals surface area contributed by atoms with Gasteiger partial charge in [-0.25, -0.2) is 4.39 Å². The molecule has 4 rings (SSSR count). The third kappa shape index (κ3) is 4.23. The third-order valence-electron chi connectivity index (χ3n) is 5.25. The third-order valence-corrected chi connectivity index (χ3v) is 5.25. The van der Waals surface area contributed by atoms with Crippen molar-refractivity contribution in [3.05, 3.63) is 53.7 Å². The normalized spacial score (nSPS) is 16.1. The number of aryl methyl sites for hydroxylation is 1. The molecular weight excluding hydrogens is 401 g/mol. The number of halogens is 1. The average molecular weight is 425 g/mol. The molecule has 0 saturated carbocycles. The van der Waals surface area contributed by atoms with E-state index < -0.39 is 0 Å². The van der Waals surface area contributed by atoms with Crippen LogP contribution in [-0.4, -0.2) is 36.3 Å². The number of benzene rings is 2. The van der Waals surface area contributed by atoms with Crippen molar-refractivity contribution < 1.29 is 23.2 Å². The first-order valence-corrected chi connectivity index (χ1v) is 10.2. The van der Waals surface area contributed by atoms with Gasteiger partial charge in [-0.3, -0.25) is 4.79 Å². The first-order chi connectivity index (χ1) is 15.0. The maximum Gasteiger partial charge on any atom is 0.232 e. The predicted octanol–water partition coefficient (Wildman–Crippen LogP) is 4.50. The van der Waals surface area contributed by atoms with Crippen LogP contribution in [-0.2, 0) is 4.79 Å². The van der Waals surface area contributed by atoms with Gasteiger partial charge >= 0.3 is 0 Å². The molecule has 1 aliphatic heterocycles. The number of nitrogens with zero attached hydrogens (tertiary/aromatic N) is 3. The van der Waals surface area contributed by atoms with Crippen molar-refractivity contribution in [2.45, 2.75) is 32.6 Å². The number of ether oxygens (including phenoxy) is 2. The number of hydrogen-bond acceptors (Lipinski definition) is 6. The molecule has 2 heterocycles. The zero-order valence-electron chi connectivity index (χ0n) is 17.7. The van der Waals surface area contributed by atoms with Crippen LogP contribution in [0.1, 0.15) is 37.1 Å². The van der Waals surface area contributed by atoms with Gasteiger partial charge in [-0.2, -0.15) is 4.98 Å². The Morgan fingerprint density at radius 2 is 2.06 bits per heavy atom. The molecule has 1 fully saturated rings. The molecule has 1 saturated heterocycles. The number of amides is 1. The highest BCUT2D eigenvalue weighted by Crippen LogP contribution is 2.35. The first-order valence-electron chi connectivity index (χ1n) is 10.2. The average Bonchev–Trinajstić information content (AvgIpc) is 3.41. The summed E-state index contributed by atoms with van der Waals surface area (Å²) in [7, 11) is 1.58. The van der Waals surface area contributed by atoms with Gasteiger partial charge in [0.15, 0.2) is 11.5 Å². The van der Waals surface area contributed by atoms with Gasteiger partial charge < -0.3 is 18.9 Å². The molecule has 0 spiro atoms. The summed E-state index contributed by atoms with van der Waals surface area (Å²) in [5, 5.41) is 4.08. The number of carbonyl (C=O) groups is 1. The molecule has 1 aliphatic rings. The van der Waals surface area contributed by atoms with Crippen LogP contribution in [0.3, 0.4) is 0 Å². The highest BCUT2D eigenvalue weighted by Gasteiger charge is 2.35. The highest BCUT2D eigenvalue weighted by molar-refractivity contribution is 5.96. The van der Waals surface area contributed by atoms with Crippen LogP contribution in [0.4, 0.5) is 10.1 Å². The van der Waals surface area contributed by atoms with E-state index in [1.165, 1.54) is 6.07 Å². The lowest BCUT2D eigenvalue weighted by molar-refractivity contribution is -0.117. The van der Waals surface area contributed by atoms with Crippen LogP contribution in [0.25, 0.3) is 11.4 Å². The van der Waals surface area contributed by atoms with E-state index in [0.29, 0.717) is 47.6 Å². The lowest BCUT2D eigenvalue weighted by atomic mass is 10.1. The molecule has 0 N–H and O–H groups in total. The molecule has 31 heavy (non-hydrogen) atoms. The standard InChI is InChI=1S/C23H24FN3O4/c1-4-9-30-19-8-5-15(11-20(19)29-3)22-25-23(31-26-22)16-12-21(28)27(13-16)17-6-7-18(24)14(2)10-17/h5-8,10-11,16H,4,9,12-13H2,1-3H3. The van der Waals surface area contributed by atoms with Gasteiger partial charge in [0.2, 0.25) is 17.6 Å². The molecule has 7 nitrogen and oxygen atoms in total. The Morgan fingerprint density at radius 3 is 2.81 bits per heavy atom. The van der Waals surface area contributed by atoms with Crippen LogP contribution in [0.2, 0.25) is 0 Å². The number of aromatic nitrogens is 2. The van der Waals surface area contributed by atoms with Gasteiger partial charge in [-0.05, 0) is 55.3 Å². The van der Waals surface area contributed by atoms with E-state index >= 15 is 0 Å². The fraction of sp³-hybridized carbons (Fsp3) is 0.348. The maximum atomic E-state index is 13.6. The quantitative estimate of drug-likeness (QED) is 0.555. The Bertz CT molecular complexity index is 1100. The van der Waals surface area contributed by atoms with Gasteiger partial charge in [-0.1, -0.05) is 12.1 Å². The van der Waals surface area contributed by atoms with Crippen LogP contribution in [0.15, 0.2) is 40.9 Å². The van der Waals surface area contributed by atoms with Crippen molar-refractivity contribution in [1.82, 2.24) is 10.1 Å². The predicted molar refractivity (Wildman–Crippen MR) is 113 cm³/mol. The largest absolute Gasteiger partial charge is 0.493 e. The zero-order chi connectivity index (χ0) is 22.0. The van der Waals surface area contributed by atoms with E-state index in [-0.39, 0.29) is 24.1 Å². The summed E-state index contributed by atoms with van der Waals surface area (Å²) in [5.41, 5.74) is 1.89. The van der Waals surface area contributed by atoms with Crippen molar-refractivity contribution in [2.75, 3.05) is 25.2 Å². The Balaban J connectivity index is 1.52. The van der Waals surface area contributed by atoms with E-state index in [2.05, 4.69) is 10.1 Å². The molecule has 0 bridgehead atoms. The van der Waals surface area contributed by atoms with E-state index in [4.69, 9.17) is 14.0 Å². The number of anilines is 1. The topological polar surface area (TPSA) is 77.7 Å². The fourth-order valence-corrected chi connectivity index (χ4v) is 3.58. The minimum atomic E-state index is -0.296. The highest BCUT2D eigenvalue weighted by atomic mass is 19.1. The second-order valence-corrected chi connectivity index (χ2v) is 7.51. The maximum absolute atomic E-state index is 13.6. The van der Waals surface area contributed by atoms with Gasteiger partial charge in [0, 0.05) is 24.2 Å². The Hall–Kier alpha value is -3.42. The molecule has 2 aromatic carbocycles. The van der Waals surface area contributed by atoms with Crippen LogP contribution >= 0.6 is 0 Å². The Labute approximate surface area is 179 Å². The summed E-state index contributed by atoms with van der Waals surface area (Å²) in [5.74, 6) is 1.47. The van der Waals surface area contributed by atoms with E-state index in [1.54, 1.807) is 37.1 Å². The van der Waals surface area contributed by atoms with Gasteiger partial charge in [-0.15, -0.1) is 0 Å². The van der Waals surface area contributed by atoms with E-state index in [0.717, 1.165) is 12.0 Å². The molecule has 1 atom stereocenters. The molecular formula is C23H24FN3O4. The van der Waals surface area contributed by atoms with Crippen molar-refractivity contribution in [1.29, 1.82) is 0 Å². The number of methoxy groups -OCH3 is 1. The SMILES string of the molecule is CCCOc1ccc(-c2noc(C3CC(=O)N(c4ccc(F)c(C)c4)C3)n2)cc1OC. The smallest absolute Gasteiger partial charge is 0.232 e. The summed E-state index contributed by atoms with van der Waals surface area (Å²) < 4.78 is 30.1. The molecule has 1 aromatic heterocycles. The van der Waals surface area contributed by atoms with Crippen LogP contribution < -0.4 is 14.4 Å². The van der Waals surface area contributed by atoms with Gasteiger partial charge in [0.25, 0.3) is 0 Å². The minimum Gasteiger partial charge on any atom is -0.493 e. The van der Waals surface area contributed by atoms with E-state index in [9.17, 15) is 9.18 Å². The minimum absolute atomic E-state index is 0.0603. The Kier molecular flexibility index (Phi) is 5.88. The monoisotopic (exact) mass is 425 g/mol. The number of hydrogen-bond donors (Lipinski definition) is 0. The fourth-order valence-electron chi connectivity index (χ4n) is 3.58. The second kappa shape index (κ2) is 8.75. The second-order valence-electron chi connectivity index (χ2n) is 7.51. The summed E-state index contributed by atoms with van der Waals surface area (Å²) in [6.45, 7) is 4.71. The molecule has 3 aromatic rings. The summed E-state index contributed by atoms with van der Waals surface area (Å²) in [6.07, 6.45) is 1.15. The molecule has 162 valence electrons. The molecule has 8 heteroatoms. The van der Waals surface area contributed by atoms with Crippen molar-refractivity contribution in [2.24, 2.45) is 0 Å². The summed E-state index contributed by atoms with van der Waals surface area (Å²) in [6, 6.07) is 10.1. The van der Waals surface area contributed by atoms with Crippen LogP contribution in [0.5, 0.6) is 11.5 Å². The molecule has 0 aliphatic carbocycles. The first kappa shape index (κ1) is 20.8. The molecule has 1 amide bonds. The van der Waals surface area contributed by atoms with Crippen molar-refractivity contribution in [3.63, 3.8) is 0 Å². The van der Waals surface area contributed by atoms with Crippen LogP contribution in [0, 0.1) is 12.7 Å². The van der Waals surface area contributed by atoms with E-state index in [1.807, 2.05) is 19.1 Å². The van der Waals surface area contributed by atoms with Gasteiger partial charge in [0.05, 0.1) is 19.6 Å². The molecule has 0 radical (unpaired) electrons. The number of rotatable bonds is 7. The summed E-state index contributed by atoms with van der Waals surface area (Å²) >= 11 is 0. The summed E-state index contributed by atoms with van der Waals surface area (Å²) in [4.78, 5) is 18.7. The van der Waals surface area contributed by atoms with Gasteiger partial charge in [0.1, 0.15) is 5.82 Å². The lowest BCUT2D eigenvalue weighted by Gasteiger charge is -2.16. The lowest BCUT2D eigenvalue weighted by Crippen LogP contribution is -2.24.